The summed E-state index contributed by atoms with van der Waals surface area (Å²) in [6.07, 6.45) is 0. The van der Waals surface area contributed by atoms with Crippen molar-refractivity contribution in [1.29, 1.82) is 0 Å². The van der Waals surface area contributed by atoms with Crippen LogP contribution >= 0.6 is 11.8 Å². The molecule has 0 saturated heterocycles. The molecule has 9 heteroatoms. The van der Waals surface area contributed by atoms with Crippen LogP contribution in [0.2, 0.25) is 0 Å². The number of carbonyl (C=O) groups excluding carboxylic acids is 1. The molecular formula is C24H28N2O6S. The highest BCUT2D eigenvalue weighted by atomic mass is 32.2. The van der Waals surface area contributed by atoms with Crippen LogP contribution < -0.4 is 18.9 Å². The van der Waals surface area contributed by atoms with Crippen LogP contribution in [0.3, 0.4) is 0 Å². The van der Waals surface area contributed by atoms with Crippen LogP contribution in [-0.2, 0) is 0 Å². The van der Waals surface area contributed by atoms with E-state index in [9.17, 15) is 4.79 Å². The minimum absolute atomic E-state index is 0.0343. The zero-order chi connectivity index (χ0) is 23.6. The molecule has 0 amide bonds. The molecule has 1 heterocycles. The third kappa shape index (κ3) is 6.41. The molecule has 0 saturated carbocycles. The van der Waals surface area contributed by atoms with Crippen LogP contribution in [-0.4, -0.2) is 48.2 Å². The number of carbonyl (C=O) groups is 1. The maximum atomic E-state index is 11.7. The quantitative estimate of drug-likeness (QED) is 0.186. The largest absolute Gasteiger partial charge is 0.492 e. The minimum atomic E-state index is -0.0343. The Kier molecular flexibility index (Phi) is 9.00. The van der Waals surface area contributed by atoms with Crippen molar-refractivity contribution in [2.24, 2.45) is 0 Å². The smallest absolute Gasteiger partial charge is 0.276 e. The summed E-state index contributed by atoms with van der Waals surface area (Å²) in [4.78, 5) is 11.7. The molecule has 1 aromatic heterocycles. The maximum absolute atomic E-state index is 11.7. The summed E-state index contributed by atoms with van der Waals surface area (Å²) in [7, 11) is 0. The van der Waals surface area contributed by atoms with Gasteiger partial charge in [0.2, 0.25) is 11.6 Å². The zero-order valence-corrected chi connectivity index (χ0v) is 20.1. The first-order valence-electron chi connectivity index (χ1n) is 10.8. The van der Waals surface area contributed by atoms with Gasteiger partial charge < -0.3 is 23.4 Å². The lowest BCUT2D eigenvalue weighted by Gasteiger charge is -2.16. The number of nitrogens with zero attached hydrogens (tertiary/aromatic N) is 2. The van der Waals surface area contributed by atoms with Gasteiger partial charge in [0.1, 0.15) is 5.75 Å². The van der Waals surface area contributed by atoms with E-state index in [2.05, 4.69) is 10.2 Å². The molecule has 176 valence electrons. The highest BCUT2D eigenvalue weighted by Gasteiger charge is 2.19. The maximum Gasteiger partial charge on any atom is 0.276 e. The summed E-state index contributed by atoms with van der Waals surface area (Å²) in [5, 5.41) is 8.70. The summed E-state index contributed by atoms with van der Waals surface area (Å²) in [6.45, 7) is 9.06. The van der Waals surface area contributed by atoms with Crippen LogP contribution in [0.5, 0.6) is 23.0 Å². The Morgan fingerprint density at radius 3 is 2.21 bits per heavy atom. The molecule has 0 unspecified atom stereocenters. The number of rotatable bonds is 13. The van der Waals surface area contributed by atoms with E-state index in [4.69, 9.17) is 23.4 Å². The standard InChI is InChI=1S/C24H28N2O6S/c1-5-28-20-14-17(15-21(29-6-2)22(20)30-7-3)23-25-26-24(32-23)33-13-12-31-19-11-9-8-10-18(19)16(4)27/h8-11,14-15H,5-7,12-13H2,1-4H3. The molecule has 0 fully saturated rings. The normalized spacial score (nSPS) is 10.7. The van der Waals surface area contributed by atoms with Gasteiger partial charge in [0.25, 0.3) is 5.22 Å². The van der Waals surface area contributed by atoms with Crippen molar-refractivity contribution in [1.82, 2.24) is 10.2 Å². The molecule has 0 aliphatic carbocycles. The van der Waals surface area contributed by atoms with Crippen LogP contribution in [0.25, 0.3) is 11.5 Å². The van der Waals surface area contributed by atoms with Gasteiger partial charge in [-0.15, -0.1) is 10.2 Å². The van der Waals surface area contributed by atoms with Crippen molar-refractivity contribution >= 4 is 17.5 Å². The van der Waals surface area contributed by atoms with Crippen LogP contribution in [0.1, 0.15) is 38.1 Å². The van der Waals surface area contributed by atoms with E-state index in [0.29, 0.717) is 77.4 Å². The second kappa shape index (κ2) is 12.2. The van der Waals surface area contributed by atoms with Gasteiger partial charge in [0.05, 0.1) is 32.0 Å². The lowest BCUT2D eigenvalue weighted by Crippen LogP contribution is -2.04. The van der Waals surface area contributed by atoms with Gasteiger partial charge in [-0.3, -0.25) is 4.79 Å². The van der Waals surface area contributed by atoms with Crippen LogP contribution in [0.4, 0.5) is 0 Å². The Bertz CT molecular complexity index is 1040. The molecule has 33 heavy (non-hydrogen) atoms. The van der Waals surface area contributed by atoms with Gasteiger partial charge >= 0.3 is 0 Å². The van der Waals surface area contributed by atoms with Crippen molar-refractivity contribution < 1.29 is 28.2 Å². The molecule has 2 aromatic carbocycles. The average Bonchev–Trinajstić information content (AvgIpc) is 3.28. The van der Waals surface area contributed by atoms with E-state index >= 15 is 0 Å². The van der Waals surface area contributed by atoms with Crippen molar-refractivity contribution in [3.8, 4) is 34.5 Å². The van der Waals surface area contributed by atoms with Crippen LogP contribution in [0, 0.1) is 0 Å². The summed E-state index contributed by atoms with van der Waals surface area (Å²) in [6, 6.07) is 10.8. The van der Waals surface area contributed by atoms with Crippen molar-refractivity contribution in [2.75, 3.05) is 32.2 Å². The minimum Gasteiger partial charge on any atom is -0.492 e. The number of hydrogen-bond acceptors (Lipinski definition) is 9. The zero-order valence-electron chi connectivity index (χ0n) is 19.3. The monoisotopic (exact) mass is 472 g/mol. The summed E-state index contributed by atoms with van der Waals surface area (Å²) in [5.74, 6) is 3.14. The Morgan fingerprint density at radius 2 is 1.58 bits per heavy atom. The number of hydrogen-bond donors (Lipinski definition) is 0. The molecule has 0 aliphatic heterocycles. The van der Waals surface area contributed by atoms with E-state index < -0.39 is 0 Å². The van der Waals surface area contributed by atoms with Crippen molar-refractivity contribution in [3.05, 3.63) is 42.0 Å². The molecule has 3 aromatic rings. The molecule has 0 aliphatic rings. The fourth-order valence-corrected chi connectivity index (χ4v) is 3.64. The first-order valence-corrected chi connectivity index (χ1v) is 11.8. The van der Waals surface area contributed by atoms with Crippen molar-refractivity contribution in [2.45, 2.75) is 32.9 Å². The molecule has 0 radical (unpaired) electrons. The SMILES string of the molecule is CCOc1cc(-c2nnc(SCCOc3ccccc3C(C)=O)o2)cc(OCC)c1OCC. The van der Waals surface area contributed by atoms with Gasteiger partial charge in [-0.25, -0.2) is 0 Å². The molecule has 0 spiro atoms. The van der Waals surface area contributed by atoms with E-state index in [1.807, 2.05) is 32.9 Å². The molecule has 0 bridgehead atoms. The summed E-state index contributed by atoms with van der Waals surface area (Å²) < 4.78 is 28.8. The Balaban J connectivity index is 1.69. The third-order valence-corrected chi connectivity index (χ3v) is 5.18. The second-order valence-electron chi connectivity index (χ2n) is 6.72. The average molecular weight is 473 g/mol. The van der Waals surface area contributed by atoms with Gasteiger partial charge in [0.15, 0.2) is 17.3 Å². The number of aromatic nitrogens is 2. The molecule has 3 rings (SSSR count). The lowest BCUT2D eigenvalue weighted by atomic mass is 10.1. The first kappa shape index (κ1) is 24.4. The highest BCUT2D eigenvalue weighted by molar-refractivity contribution is 7.99. The fourth-order valence-electron chi connectivity index (χ4n) is 3.06. The number of ether oxygens (including phenoxy) is 4. The number of ketones is 1. The van der Waals surface area contributed by atoms with E-state index in [1.54, 1.807) is 24.3 Å². The van der Waals surface area contributed by atoms with Crippen LogP contribution in [0.15, 0.2) is 46.0 Å². The van der Waals surface area contributed by atoms with Crippen molar-refractivity contribution in [3.63, 3.8) is 0 Å². The van der Waals surface area contributed by atoms with Gasteiger partial charge in [-0.05, 0) is 52.0 Å². The van der Waals surface area contributed by atoms with E-state index in [1.165, 1.54) is 18.7 Å². The fraction of sp³-hybridized carbons (Fsp3) is 0.375. The van der Waals surface area contributed by atoms with Gasteiger partial charge in [-0.1, -0.05) is 23.9 Å². The van der Waals surface area contributed by atoms with Gasteiger partial charge in [-0.2, -0.15) is 0 Å². The number of benzene rings is 2. The number of Topliss-reactive ketones (excluding diaryl/α,β-unsaturated/α-hetero) is 1. The highest BCUT2D eigenvalue weighted by Crippen LogP contribution is 2.42. The van der Waals surface area contributed by atoms with E-state index in [0.717, 1.165) is 0 Å². The lowest BCUT2D eigenvalue weighted by molar-refractivity contribution is 0.101. The van der Waals surface area contributed by atoms with E-state index in [-0.39, 0.29) is 5.78 Å². The molecule has 0 N–H and O–H groups in total. The predicted octanol–water partition coefficient (Wildman–Crippen LogP) is 5.31. The molecule has 8 nitrogen and oxygen atoms in total. The predicted molar refractivity (Wildman–Crippen MR) is 126 cm³/mol. The topological polar surface area (TPSA) is 92.9 Å². The van der Waals surface area contributed by atoms with Gasteiger partial charge in [0, 0.05) is 11.3 Å². The number of para-hydroxylation sites is 1. The first-order chi connectivity index (χ1) is 16.1. The Morgan fingerprint density at radius 1 is 0.909 bits per heavy atom. The summed E-state index contributed by atoms with van der Waals surface area (Å²) >= 11 is 1.37. The summed E-state index contributed by atoms with van der Waals surface area (Å²) in [5.41, 5.74) is 1.24. The Labute approximate surface area is 197 Å². The number of thioether (sulfide) groups is 1. The Hall–Kier alpha value is -3.20. The second-order valence-corrected chi connectivity index (χ2v) is 7.77. The third-order valence-electron chi connectivity index (χ3n) is 4.40. The molecular weight excluding hydrogens is 444 g/mol. The molecule has 0 atom stereocenters.